The Hall–Kier alpha value is -1.08. The van der Waals surface area contributed by atoms with Crippen LogP contribution in [0, 0.1) is 0 Å². The third-order valence-corrected chi connectivity index (χ3v) is 2.76. The second-order valence-corrected chi connectivity index (χ2v) is 3.99. The molecule has 1 atom stereocenters. The van der Waals surface area contributed by atoms with Crippen molar-refractivity contribution in [2.24, 2.45) is 0 Å². The van der Waals surface area contributed by atoms with Crippen LogP contribution in [0.25, 0.3) is 5.57 Å². The van der Waals surface area contributed by atoms with Gasteiger partial charge in [-0.3, -0.25) is 0 Å². The first kappa shape index (κ1) is 13.0. The Morgan fingerprint density at radius 1 is 1.25 bits per heavy atom. The molecule has 88 valence electrons. The van der Waals surface area contributed by atoms with E-state index in [0.717, 1.165) is 12.8 Å². The summed E-state index contributed by atoms with van der Waals surface area (Å²) in [6.07, 6.45) is 5.81. The van der Waals surface area contributed by atoms with Crippen LogP contribution in [0.4, 0.5) is 0 Å². The van der Waals surface area contributed by atoms with Crippen LogP contribution >= 0.6 is 0 Å². The molecule has 0 saturated carbocycles. The number of ether oxygens (including phenoxy) is 1. The predicted molar refractivity (Wildman–Crippen MR) is 70.4 cm³/mol. The summed E-state index contributed by atoms with van der Waals surface area (Å²) < 4.78 is 5.42. The molecule has 0 aliphatic carbocycles. The number of rotatable bonds is 6. The van der Waals surface area contributed by atoms with Gasteiger partial charge in [0.1, 0.15) is 0 Å². The van der Waals surface area contributed by atoms with E-state index in [9.17, 15) is 0 Å². The van der Waals surface area contributed by atoms with Crippen molar-refractivity contribution in [3.05, 3.63) is 42.0 Å². The van der Waals surface area contributed by atoms with E-state index < -0.39 is 0 Å². The van der Waals surface area contributed by atoms with Gasteiger partial charge in [0.15, 0.2) is 0 Å². The second-order valence-electron chi connectivity index (χ2n) is 3.99. The highest BCUT2D eigenvalue weighted by Crippen LogP contribution is 2.21. The van der Waals surface area contributed by atoms with E-state index in [-0.39, 0.29) is 6.10 Å². The van der Waals surface area contributed by atoms with Gasteiger partial charge in [0, 0.05) is 7.11 Å². The Kier molecular flexibility index (Phi) is 5.87. The molecule has 1 rings (SSSR count). The molecule has 0 aromatic heterocycles. The van der Waals surface area contributed by atoms with Gasteiger partial charge < -0.3 is 4.74 Å². The lowest BCUT2D eigenvalue weighted by Crippen LogP contribution is -2.05. The van der Waals surface area contributed by atoms with Gasteiger partial charge in [0.05, 0.1) is 6.10 Å². The average Bonchev–Trinajstić information content (AvgIpc) is 2.35. The monoisotopic (exact) mass is 218 g/mol. The standard InChI is InChI=1S/C15H22O/c1-4-9-14(12-15(5-2)16-3)13-10-7-6-8-11-13/h6-8,10-12,15H,4-5,9H2,1-3H3/b14-12+. The Bertz CT molecular complexity index is 309. The van der Waals surface area contributed by atoms with Crippen molar-refractivity contribution in [3.63, 3.8) is 0 Å². The minimum Gasteiger partial charge on any atom is -0.377 e. The fourth-order valence-electron chi connectivity index (χ4n) is 1.82. The van der Waals surface area contributed by atoms with E-state index in [4.69, 9.17) is 4.74 Å². The van der Waals surface area contributed by atoms with E-state index in [1.54, 1.807) is 7.11 Å². The summed E-state index contributed by atoms with van der Waals surface area (Å²) in [6, 6.07) is 10.6. The molecule has 0 bridgehead atoms. The normalized spacial score (nSPS) is 13.8. The molecule has 0 fully saturated rings. The maximum atomic E-state index is 5.42. The zero-order valence-corrected chi connectivity index (χ0v) is 10.6. The molecule has 0 aliphatic heterocycles. The maximum Gasteiger partial charge on any atom is 0.0755 e. The minimum atomic E-state index is 0.238. The van der Waals surface area contributed by atoms with Crippen LogP contribution in [0.3, 0.4) is 0 Å². The molecular weight excluding hydrogens is 196 g/mol. The Morgan fingerprint density at radius 3 is 2.44 bits per heavy atom. The zero-order chi connectivity index (χ0) is 11.8. The number of hydrogen-bond donors (Lipinski definition) is 0. The quantitative estimate of drug-likeness (QED) is 0.692. The molecule has 0 amide bonds. The summed E-state index contributed by atoms with van der Waals surface area (Å²) in [6.45, 7) is 4.36. The fourth-order valence-corrected chi connectivity index (χ4v) is 1.82. The number of hydrogen-bond acceptors (Lipinski definition) is 1. The topological polar surface area (TPSA) is 9.23 Å². The minimum absolute atomic E-state index is 0.238. The molecule has 0 N–H and O–H groups in total. The third-order valence-electron chi connectivity index (χ3n) is 2.76. The summed E-state index contributed by atoms with van der Waals surface area (Å²) in [5, 5.41) is 0. The largest absolute Gasteiger partial charge is 0.377 e. The van der Waals surface area contributed by atoms with Crippen molar-refractivity contribution in [1.82, 2.24) is 0 Å². The molecule has 0 heterocycles. The highest BCUT2D eigenvalue weighted by atomic mass is 16.5. The summed E-state index contributed by atoms with van der Waals surface area (Å²) >= 11 is 0. The van der Waals surface area contributed by atoms with E-state index in [1.165, 1.54) is 17.6 Å². The first-order chi connectivity index (χ1) is 7.81. The number of methoxy groups -OCH3 is 1. The molecule has 0 saturated heterocycles. The lowest BCUT2D eigenvalue weighted by Gasteiger charge is -2.12. The molecule has 1 nitrogen and oxygen atoms in total. The van der Waals surface area contributed by atoms with Gasteiger partial charge in [-0.2, -0.15) is 0 Å². The van der Waals surface area contributed by atoms with Crippen molar-refractivity contribution in [2.75, 3.05) is 7.11 Å². The van der Waals surface area contributed by atoms with E-state index in [2.05, 4.69) is 50.3 Å². The van der Waals surface area contributed by atoms with Gasteiger partial charge >= 0.3 is 0 Å². The number of benzene rings is 1. The van der Waals surface area contributed by atoms with Crippen molar-refractivity contribution in [3.8, 4) is 0 Å². The molecule has 1 unspecified atom stereocenters. The highest BCUT2D eigenvalue weighted by Gasteiger charge is 2.05. The summed E-state index contributed by atoms with van der Waals surface area (Å²) in [5.41, 5.74) is 2.72. The Balaban J connectivity index is 2.90. The van der Waals surface area contributed by atoms with Crippen LogP contribution in [0.1, 0.15) is 38.7 Å². The van der Waals surface area contributed by atoms with Gasteiger partial charge in [0.2, 0.25) is 0 Å². The van der Waals surface area contributed by atoms with Crippen LogP contribution in [0.5, 0.6) is 0 Å². The van der Waals surface area contributed by atoms with Crippen LogP contribution in [0.15, 0.2) is 36.4 Å². The molecule has 0 radical (unpaired) electrons. The fraction of sp³-hybridized carbons (Fsp3) is 0.467. The molecule has 0 aliphatic rings. The van der Waals surface area contributed by atoms with Gasteiger partial charge in [-0.1, -0.05) is 56.7 Å². The first-order valence-corrected chi connectivity index (χ1v) is 6.10. The average molecular weight is 218 g/mol. The summed E-state index contributed by atoms with van der Waals surface area (Å²) in [4.78, 5) is 0. The van der Waals surface area contributed by atoms with Crippen LogP contribution in [-0.2, 0) is 4.74 Å². The van der Waals surface area contributed by atoms with Crippen molar-refractivity contribution in [1.29, 1.82) is 0 Å². The van der Waals surface area contributed by atoms with E-state index in [1.807, 2.05) is 0 Å². The number of allylic oxidation sites excluding steroid dienone is 1. The SMILES string of the molecule is CCC/C(=C\C(CC)OC)c1ccccc1. The van der Waals surface area contributed by atoms with Crippen molar-refractivity contribution in [2.45, 2.75) is 39.2 Å². The predicted octanol–water partition coefficient (Wildman–Crippen LogP) is 4.30. The first-order valence-electron chi connectivity index (χ1n) is 6.10. The van der Waals surface area contributed by atoms with Gasteiger partial charge in [0.25, 0.3) is 0 Å². The van der Waals surface area contributed by atoms with Crippen molar-refractivity contribution < 1.29 is 4.74 Å². The lowest BCUT2D eigenvalue weighted by atomic mass is 9.99. The molecule has 0 spiro atoms. The second kappa shape index (κ2) is 7.24. The van der Waals surface area contributed by atoms with Crippen LogP contribution < -0.4 is 0 Å². The molecule has 1 aromatic carbocycles. The van der Waals surface area contributed by atoms with E-state index in [0.29, 0.717) is 0 Å². The van der Waals surface area contributed by atoms with Gasteiger partial charge in [-0.15, -0.1) is 0 Å². The molecule has 1 aromatic rings. The Labute approximate surface area is 99.1 Å². The third kappa shape index (κ3) is 3.82. The highest BCUT2D eigenvalue weighted by molar-refractivity contribution is 5.65. The molecular formula is C15H22O. The zero-order valence-electron chi connectivity index (χ0n) is 10.6. The Morgan fingerprint density at radius 2 is 1.94 bits per heavy atom. The van der Waals surface area contributed by atoms with E-state index >= 15 is 0 Å². The van der Waals surface area contributed by atoms with Gasteiger partial charge in [-0.25, -0.2) is 0 Å². The molecule has 16 heavy (non-hydrogen) atoms. The maximum absolute atomic E-state index is 5.42. The lowest BCUT2D eigenvalue weighted by molar-refractivity contribution is 0.138. The molecule has 1 heteroatoms. The smallest absolute Gasteiger partial charge is 0.0755 e. The van der Waals surface area contributed by atoms with Crippen LogP contribution in [0.2, 0.25) is 0 Å². The van der Waals surface area contributed by atoms with Crippen molar-refractivity contribution >= 4 is 5.57 Å². The van der Waals surface area contributed by atoms with Crippen LogP contribution in [-0.4, -0.2) is 13.2 Å². The summed E-state index contributed by atoms with van der Waals surface area (Å²) in [5.74, 6) is 0. The van der Waals surface area contributed by atoms with Gasteiger partial charge in [-0.05, 0) is 24.0 Å². The summed E-state index contributed by atoms with van der Waals surface area (Å²) in [7, 11) is 1.78.